The second-order valence-electron chi connectivity index (χ2n) is 3.94. The highest BCUT2D eigenvalue weighted by molar-refractivity contribution is 4.66. The van der Waals surface area contributed by atoms with Crippen LogP contribution in [-0.4, -0.2) is 6.04 Å². The Bertz CT molecular complexity index is 123. The van der Waals surface area contributed by atoms with Gasteiger partial charge in [0.25, 0.3) is 0 Å². The molecule has 0 aliphatic carbocycles. The highest BCUT2D eigenvalue weighted by Crippen LogP contribution is 2.21. The zero-order valence-corrected chi connectivity index (χ0v) is 8.71. The van der Waals surface area contributed by atoms with Crippen molar-refractivity contribution in [1.29, 1.82) is 0 Å². The van der Waals surface area contributed by atoms with E-state index in [9.17, 15) is 4.91 Å². The lowest BCUT2D eigenvalue weighted by Crippen LogP contribution is -2.10. The van der Waals surface area contributed by atoms with E-state index in [1.807, 2.05) is 6.92 Å². The Morgan fingerprint density at radius 3 is 2.08 bits per heavy atom. The van der Waals surface area contributed by atoms with Gasteiger partial charge in [-0.3, -0.25) is 0 Å². The zero-order valence-electron chi connectivity index (χ0n) is 8.71. The predicted molar refractivity (Wildman–Crippen MR) is 53.1 cm³/mol. The molecule has 0 aliphatic rings. The molecular weight excluding hydrogens is 150 g/mol. The molecule has 0 saturated heterocycles. The summed E-state index contributed by atoms with van der Waals surface area (Å²) in [6.07, 6.45) is 3.30. The Balaban J connectivity index is 3.64. The first-order chi connectivity index (χ1) is 5.61. The molecule has 2 unspecified atom stereocenters. The summed E-state index contributed by atoms with van der Waals surface area (Å²) in [7, 11) is 0. The van der Waals surface area contributed by atoms with Crippen molar-refractivity contribution in [2.24, 2.45) is 17.0 Å². The molecule has 0 fully saturated rings. The highest BCUT2D eigenvalue weighted by atomic mass is 16.3. The van der Waals surface area contributed by atoms with Gasteiger partial charge in [-0.1, -0.05) is 32.4 Å². The van der Waals surface area contributed by atoms with Crippen molar-refractivity contribution >= 4 is 0 Å². The number of nitrogens with zero attached hydrogens (tertiary/aromatic N) is 1. The normalized spacial score (nSPS) is 16.1. The maximum atomic E-state index is 10.1. The van der Waals surface area contributed by atoms with Crippen molar-refractivity contribution in [1.82, 2.24) is 0 Å². The molecule has 12 heavy (non-hydrogen) atoms. The van der Waals surface area contributed by atoms with Crippen molar-refractivity contribution in [3.05, 3.63) is 4.91 Å². The highest BCUT2D eigenvalue weighted by Gasteiger charge is 2.12. The van der Waals surface area contributed by atoms with E-state index in [2.05, 4.69) is 25.9 Å². The molecule has 0 amide bonds. The van der Waals surface area contributed by atoms with Crippen LogP contribution in [0.4, 0.5) is 0 Å². The lowest BCUT2D eigenvalue weighted by atomic mass is 9.88. The fraction of sp³-hybridized carbons (Fsp3) is 1.00. The van der Waals surface area contributed by atoms with Gasteiger partial charge in [0, 0.05) is 0 Å². The van der Waals surface area contributed by atoms with Crippen LogP contribution in [0.2, 0.25) is 0 Å². The Morgan fingerprint density at radius 2 is 1.75 bits per heavy atom. The smallest absolute Gasteiger partial charge is 0.0891 e. The first-order valence-corrected chi connectivity index (χ1v) is 4.94. The molecule has 0 rings (SSSR count). The monoisotopic (exact) mass is 171 g/mol. The van der Waals surface area contributed by atoms with E-state index in [1.165, 1.54) is 6.42 Å². The molecule has 2 nitrogen and oxygen atoms in total. The third kappa shape index (κ3) is 4.47. The first-order valence-electron chi connectivity index (χ1n) is 4.94. The summed E-state index contributed by atoms with van der Waals surface area (Å²) in [6.45, 7) is 8.59. The molecule has 0 aromatic carbocycles. The summed E-state index contributed by atoms with van der Waals surface area (Å²) in [5, 5.41) is 3.00. The van der Waals surface area contributed by atoms with E-state index in [0.29, 0.717) is 0 Å². The van der Waals surface area contributed by atoms with Crippen LogP contribution in [0.25, 0.3) is 0 Å². The lowest BCUT2D eigenvalue weighted by molar-refractivity contribution is 0.332. The number of rotatable bonds is 6. The average molecular weight is 171 g/mol. The van der Waals surface area contributed by atoms with Crippen LogP contribution in [-0.2, 0) is 0 Å². The molecule has 0 spiro atoms. The fourth-order valence-corrected chi connectivity index (χ4v) is 1.52. The zero-order chi connectivity index (χ0) is 9.56. The van der Waals surface area contributed by atoms with Crippen LogP contribution in [0, 0.1) is 16.7 Å². The van der Waals surface area contributed by atoms with Gasteiger partial charge in [-0.05, 0) is 31.6 Å². The molecular formula is C10H21NO. The quantitative estimate of drug-likeness (QED) is 0.561. The van der Waals surface area contributed by atoms with Gasteiger partial charge in [-0.25, -0.2) is 0 Å². The van der Waals surface area contributed by atoms with Crippen LogP contribution in [0.15, 0.2) is 5.18 Å². The molecule has 0 aliphatic heterocycles. The van der Waals surface area contributed by atoms with E-state index in [0.717, 1.165) is 24.7 Å². The summed E-state index contributed by atoms with van der Waals surface area (Å²) in [4.78, 5) is 10.1. The van der Waals surface area contributed by atoms with Gasteiger partial charge in [0.2, 0.25) is 0 Å². The molecule has 2 heteroatoms. The molecule has 72 valence electrons. The van der Waals surface area contributed by atoms with Gasteiger partial charge in [0.1, 0.15) is 0 Å². The van der Waals surface area contributed by atoms with E-state index in [-0.39, 0.29) is 6.04 Å². The second kappa shape index (κ2) is 6.15. The Kier molecular flexibility index (Phi) is 5.95. The third-order valence-corrected chi connectivity index (χ3v) is 2.60. The fourth-order valence-electron chi connectivity index (χ4n) is 1.52. The molecule has 0 aromatic rings. The molecule has 0 N–H and O–H groups in total. The van der Waals surface area contributed by atoms with Crippen LogP contribution in [0.3, 0.4) is 0 Å². The summed E-state index contributed by atoms with van der Waals surface area (Å²) in [5.41, 5.74) is 0. The maximum absolute atomic E-state index is 10.1. The van der Waals surface area contributed by atoms with E-state index >= 15 is 0 Å². The van der Waals surface area contributed by atoms with Crippen molar-refractivity contribution in [2.45, 2.75) is 53.0 Å². The van der Waals surface area contributed by atoms with Gasteiger partial charge in [0.15, 0.2) is 0 Å². The van der Waals surface area contributed by atoms with Crippen LogP contribution in [0.5, 0.6) is 0 Å². The first kappa shape index (κ1) is 11.6. The SMILES string of the molecule is CCC(CCC(C)N=O)C(C)C. The van der Waals surface area contributed by atoms with Gasteiger partial charge in [-0.2, -0.15) is 4.91 Å². The molecule has 0 saturated carbocycles. The molecule has 0 heterocycles. The van der Waals surface area contributed by atoms with Gasteiger partial charge >= 0.3 is 0 Å². The summed E-state index contributed by atoms with van der Waals surface area (Å²) >= 11 is 0. The topological polar surface area (TPSA) is 29.4 Å². The number of nitroso groups, excluding NO2 is 1. The van der Waals surface area contributed by atoms with Crippen molar-refractivity contribution < 1.29 is 0 Å². The van der Waals surface area contributed by atoms with Gasteiger partial charge in [0.05, 0.1) is 6.04 Å². The Labute approximate surface area is 75.7 Å². The largest absolute Gasteiger partial charge is 0.151 e. The minimum Gasteiger partial charge on any atom is -0.151 e. The summed E-state index contributed by atoms with van der Waals surface area (Å²) < 4.78 is 0. The van der Waals surface area contributed by atoms with Crippen molar-refractivity contribution in [2.75, 3.05) is 0 Å². The molecule has 0 bridgehead atoms. The second-order valence-corrected chi connectivity index (χ2v) is 3.94. The molecule has 0 radical (unpaired) electrons. The van der Waals surface area contributed by atoms with Crippen LogP contribution >= 0.6 is 0 Å². The summed E-state index contributed by atoms with van der Waals surface area (Å²) in [6, 6.07) is -0.00204. The predicted octanol–water partition coefficient (Wildman–Crippen LogP) is 3.60. The standard InChI is InChI=1S/C10H21NO/c1-5-10(8(2)3)7-6-9(4)11-12/h8-10H,5-7H2,1-4H3. The Morgan fingerprint density at radius 1 is 1.17 bits per heavy atom. The van der Waals surface area contributed by atoms with Gasteiger partial charge < -0.3 is 0 Å². The van der Waals surface area contributed by atoms with Crippen LogP contribution < -0.4 is 0 Å². The molecule has 2 atom stereocenters. The van der Waals surface area contributed by atoms with Crippen molar-refractivity contribution in [3.63, 3.8) is 0 Å². The maximum Gasteiger partial charge on any atom is 0.0891 e. The number of hydrogen-bond donors (Lipinski definition) is 0. The van der Waals surface area contributed by atoms with E-state index in [4.69, 9.17) is 0 Å². The van der Waals surface area contributed by atoms with E-state index in [1.54, 1.807) is 0 Å². The lowest BCUT2D eigenvalue weighted by Gasteiger charge is -2.18. The number of hydrogen-bond acceptors (Lipinski definition) is 2. The minimum atomic E-state index is -0.00204. The summed E-state index contributed by atoms with van der Waals surface area (Å²) in [5.74, 6) is 1.49. The third-order valence-electron chi connectivity index (χ3n) is 2.60. The average Bonchev–Trinajstić information content (AvgIpc) is 2.04. The van der Waals surface area contributed by atoms with Gasteiger partial charge in [-0.15, -0.1) is 0 Å². The Hall–Kier alpha value is -0.400. The minimum absolute atomic E-state index is 0.00204. The molecule has 0 aromatic heterocycles. The van der Waals surface area contributed by atoms with E-state index < -0.39 is 0 Å². The van der Waals surface area contributed by atoms with Crippen molar-refractivity contribution in [3.8, 4) is 0 Å². The van der Waals surface area contributed by atoms with Crippen LogP contribution in [0.1, 0.15) is 47.0 Å².